The Morgan fingerprint density at radius 2 is 1.75 bits per heavy atom. The van der Waals surface area contributed by atoms with Gasteiger partial charge in [-0.2, -0.15) is 0 Å². The van der Waals surface area contributed by atoms with Crippen molar-refractivity contribution in [3.8, 4) is 0 Å². The van der Waals surface area contributed by atoms with E-state index in [1.54, 1.807) is 0 Å². The number of esters is 1. The Morgan fingerprint density at radius 1 is 1.10 bits per heavy atom. The number of rotatable bonds is 4. The number of carboxylic acid groups (broad SMARTS) is 1. The molecule has 0 amide bonds. The van der Waals surface area contributed by atoms with Crippen LogP contribution in [0.15, 0.2) is 42.5 Å². The first-order valence-corrected chi connectivity index (χ1v) is 6.76. The topological polar surface area (TPSA) is 66.4 Å². The van der Waals surface area contributed by atoms with E-state index in [9.17, 15) is 14.7 Å². The van der Waals surface area contributed by atoms with Crippen LogP contribution in [0.3, 0.4) is 0 Å². The number of ether oxygens (including phenoxy) is 1. The van der Waals surface area contributed by atoms with Crippen LogP contribution in [0.5, 0.6) is 0 Å². The molecule has 0 heterocycles. The predicted octanol–water partition coefficient (Wildman–Crippen LogP) is 0.918. The average Bonchev–Trinajstić information content (AvgIpc) is 3.06. The average molecular weight is 271 g/mol. The van der Waals surface area contributed by atoms with Gasteiger partial charge in [-0.15, -0.1) is 0 Å². The van der Waals surface area contributed by atoms with E-state index in [1.807, 2.05) is 42.5 Å². The van der Waals surface area contributed by atoms with E-state index in [0.29, 0.717) is 6.42 Å². The minimum atomic E-state index is -1.15. The molecule has 4 nitrogen and oxygen atoms in total. The van der Waals surface area contributed by atoms with Crippen LogP contribution < -0.4 is 5.11 Å². The van der Waals surface area contributed by atoms with Crippen LogP contribution in [0, 0.1) is 23.7 Å². The molecular weight excluding hydrogens is 256 g/mol. The van der Waals surface area contributed by atoms with Crippen molar-refractivity contribution in [2.24, 2.45) is 23.7 Å². The molecule has 2 bridgehead atoms. The summed E-state index contributed by atoms with van der Waals surface area (Å²) in [6.45, 7) is 0.178. The Kier molecular flexibility index (Phi) is 3.30. The van der Waals surface area contributed by atoms with Gasteiger partial charge in [-0.25, -0.2) is 0 Å². The van der Waals surface area contributed by atoms with Gasteiger partial charge in [0.25, 0.3) is 0 Å². The smallest absolute Gasteiger partial charge is 0.310 e. The van der Waals surface area contributed by atoms with Crippen molar-refractivity contribution in [1.29, 1.82) is 0 Å². The second-order valence-corrected chi connectivity index (χ2v) is 5.41. The van der Waals surface area contributed by atoms with Gasteiger partial charge in [-0.1, -0.05) is 42.5 Å². The molecule has 0 aliphatic heterocycles. The highest BCUT2D eigenvalue weighted by molar-refractivity contribution is 5.82. The molecule has 0 saturated heterocycles. The van der Waals surface area contributed by atoms with Crippen LogP contribution in [0.1, 0.15) is 12.0 Å². The number of hydrogen-bond acceptors (Lipinski definition) is 4. The van der Waals surface area contributed by atoms with Crippen molar-refractivity contribution >= 4 is 11.9 Å². The van der Waals surface area contributed by atoms with E-state index in [-0.39, 0.29) is 18.4 Å². The SMILES string of the molecule is O=C([O-])[C@@H]1[C@H](C(=O)OCc2ccccc2)[C@@H]2C=C[C@H]1C2. The molecule has 1 fully saturated rings. The third kappa shape index (κ3) is 2.22. The summed E-state index contributed by atoms with van der Waals surface area (Å²) in [4.78, 5) is 23.4. The zero-order chi connectivity index (χ0) is 14.1. The fraction of sp³-hybridized carbons (Fsp3) is 0.375. The lowest BCUT2D eigenvalue weighted by atomic mass is 9.83. The van der Waals surface area contributed by atoms with Gasteiger partial charge >= 0.3 is 5.97 Å². The maximum Gasteiger partial charge on any atom is 0.310 e. The van der Waals surface area contributed by atoms with Crippen molar-refractivity contribution in [3.05, 3.63) is 48.0 Å². The maximum absolute atomic E-state index is 12.2. The van der Waals surface area contributed by atoms with Gasteiger partial charge in [-0.05, 0) is 23.8 Å². The standard InChI is InChI=1S/C16H16O4/c17-15(18)13-11-6-7-12(8-11)14(13)16(19)20-9-10-4-2-1-3-5-10/h1-7,11-14H,8-9H2,(H,17,18)/p-1/t11-,12+,13-,14+/m0/s1. The van der Waals surface area contributed by atoms with Crippen LogP contribution in [-0.2, 0) is 20.9 Å². The molecule has 2 aliphatic rings. The van der Waals surface area contributed by atoms with Crippen molar-refractivity contribution in [2.75, 3.05) is 0 Å². The number of carbonyl (C=O) groups is 2. The molecule has 20 heavy (non-hydrogen) atoms. The summed E-state index contributed by atoms with van der Waals surface area (Å²) in [6.07, 6.45) is 4.52. The highest BCUT2D eigenvalue weighted by Crippen LogP contribution is 2.48. The predicted molar refractivity (Wildman–Crippen MR) is 69.0 cm³/mol. The molecule has 104 valence electrons. The number of aliphatic carboxylic acids is 1. The van der Waals surface area contributed by atoms with E-state index in [4.69, 9.17) is 4.74 Å². The van der Waals surface area contributed by atoms with Gasteiger partial charge in [-0.3, -0.25) is 4.79 Å². The van der Waals surface area contributed by atoms with Crippen molar-refractivity contribution in [2.45, 2.75) is 13.0 Å². The molecule has 1 aromatic carbocycles. The Hall–Kier alpha value is -2.10. The van der Waals surface area contributed by atoms with Gasteiger partial charge < -0.3 is 14.6 Å². The van der Waals surface area contributed by atoms with Gasteiger partial charge in [0.05, 0.1) is 5.92 Å². The van der Waals surface area contributed by atoms with E-state index < -0.39 is 23.8 Å². The summed E-state index contributed by atoms with van der Waals surface area (Å²) < 4.78 is 5.28. The first kappa shape index (κ1) is 12.9. The molecule has 0 radical (unpaired) electrons. The number of hydrogen-bond donors (Lipinski definition) is 0. The Balaban J connectivity index is 1.68. The molecule has 0 spiro atoms. The van der Waals surface area contributed by atoms with Crippen LogP contribution in [0.4, 0.5) is 0 Å². The second kappa shape index (κ2) is 5.12. The summed E-state index contributed by atoms with van der Waals surface area (Å²) in [7, 11) is 0. The molecule has 4 heteroatoms. The number of allylic oxidation sites excluding steroid dienone is 2. The number of carbonyl (C=O) groups excluding carboxylic acids is 2. The molecule has 2 aliphatic carbocycles. The van der Waals surface area contributed by atoms with Gasteiger partial charge in [0.2, 0.25) is 0 Å². The lowest BCUT2D eigenvalue weighted by Gasteiger charge is -2.27. The quantitative estimate of drug-likeness (QED) is 0.603. The summed E-state index contributed by atoms with van der Waals surface area (Å²) >= 11 is 0. The lowest BCUT2D eigenvalue weighted by molar-refractivity contribution is -0.314. The van der Waals surface area contributed by atoms with E-state index in [2.05, 4.69) is 0 Å². The van der Waals surface area contributed by atoms with E-state index in [1.165, 1.54) is 0 Å². The zero-order valence-corrected chi connectivity index (χ0v) is 10.9. The molecule has 1 saturated carbocycles. The molecular formula is C16H15O4-. The number of fused-ring (bicyclic) bond motifs is 2. The zero-order valence-electron chi connectivity index (χ0n) is 10.9. The highest BCUT2D eigenvalue weighted by atomic mass is 16.5. The lowest BCUT2D eigenvalue weighted by Crippen LogP contribution is -2.41. The van der Waals surface area contributed by atoms with Crippen molar-refractivity contribution < 1.29 is 19.4 Å². The van der Waals surface area contributed by atoms with Crippen LogP contribution in [0.2, 0.25) is 0 Å². The molecule has 1 aromatic rings. The van der Waals surface area contributed by atoms with Gasteiger partial charge in [0, 0.05) is 11.9 Å². The van der Waals surface area contributed by atoms with E-state index >= 15 is 0 Å². The fourth-order valence-electron chi connectivity index (χ4n) is 3.29. The molecule has 0 aromatic heterocycles. The first-order chi connectivity index (χ1) is 9.66. The third-order valence-corrected chi connectivity index (χ3v) is 4.23. The molecule has 0 unspecified atom stereocenters. The minimum absolute atomic E-state index is 0.0221. The molecule has 4 atom stereocenters. The van der Waals surface area contributed by atoms with E-state index in [0.717, 1.165) is 5.56 Å². The van der Waals surface area contributed by atoms with Gasteiger partial charge in [0.1, 0.15) is 6.61 Å². The highest BCUT2D eigenvalue weighted by Gasteiger charge is 2.49. The largest absolute Gasteiger partial charge is 0.550 e. The Bertz CT molecular complexity index is 549. The maximum atomic E-state index is 12.2. The van der Waals surface area contributed by atoms with Crippen LogP contribution in [-0.4, -0.2) is 11.9 Å². The van der Waals surface area contributed by atoms with Crippen LogP contribution >= 0.6 is 0 Å². The third-order valence-electron chi connectivity index (χ3n) is 4.23. The summed E-state index contributed by atoms with van der Waals surface area (Å²) in [5.74, 6) is -3.03. The molecule has 0 N–H and O–H groups in total. The fourth-order valence-corrected chi connectivity index (χ4v) is 3.29. The van der Waals surface area contributed by atoms with Gasteiger partial charge in [0.15, 0.2) is 0 Å². The first-order valence-electron chi connectivity index (χ1n) is 6.76. The monoisotopic (exact) mass is 271 g/mol. The van der Waals surface area contributed by atoms with Crippen molar-refractivity contribution in [1.82, 2.24) is 0 Å². The summed E-state index contributed by atoms with van der Waals surface area (Å²) in [6, 6.07) is 9.35. The minimum Gasteiger partial charge on any atom is -0.550 e. The van der Waals surface area contributed by atoms with Crippen LogP contribution in [0.25, 0.3) is 0 Å². The summed E-state index contributed by atoms with van der Waals surface area (Å²) in [5.41, 5.74) is 0.893. The number of benzene rings is 1. The Morgan fingerprint density at radius 3 is 2.40 bits per heavy atom. The Labute approximate surface area is 117 Å². The normalized spacial score (nSPS) is 30.4. The van der Waals surface area contributed by atoms with Crippen molar-refractivity contribution in [3.63, 3.8) is 0 Å². The molecule has 3 rings (SSSR count). The summed E-state index contributed by atoms with van der Waals surface area (Å²) in [5, 5.41) is 11.2. The second-order valence-electron chi connectivity index (χ2n) is 5.41. The number of carboxylic acids is 1.